The highest BCUT2D eigenvalue weighted by molar-refractivity contribution is 14.0. The van der Waals surface area contributed by atoms with Gasteiger partial charge in [0.1, 0.15) is 0 Å². The summed E-state index contributed by atoms with van der Waals surface area (Å²) in [4.78, 5) is 7.07. The van der Waals surface area contributed by atoms with Crippen molar-refractivity contribution in [2.75, 3.05) is 18.4 Å². The molecule has 2 aromatic carbocycles. The Morgan fingerprint density at radius 1 is 0.929 bits per heavy atom. The number of fused-ring (bicyclic) bond motifs is 1. The number of rotatable bonds is 5. The van der Waals surface area contributed by atoms with Crippen LogP contribution in [0.25, 0.3) is 0 Å². The molecule has 28 heavy (non-hydrogen) atoms. The van der Waals surface area contributed by atoms with E-state index in [1.165, 1.54) is 67.4 Å². The van der Waals surface area contributed by atoms with Gasteiger partial charge in [-0.25, -0.2) is 4.99 Å². The number of nitrogens with zero attached hydrogens (tertiary/aromatic N) is 2. The fourth-order valence-electron chi connectivity index (χ4n) is 4.20. The molecule has 1 aliphatic heterocycles. The van der Waals surface area contributed by atoms with Crippen molar-refractivity contribution in [3.63, 3.8) is 0 Å². The van der Waals surface area contributed by atoms with E-state index in [-0.39, 0.29) is 24.0 Å². The van der Waals surface area contributed by atoms with Crippen LogP contribution in [0.5, 0.6) is 0 Å². The molecule has 2 aliphatic rings. The van der Waals surface area contributed by atoms with Crippen LogP contribution in [0.3, 0.4) is 0 Å². The van der Waals surface area contributed by atoms with Crippen LogP contribution in [0.1, 0.15) is 47.9 Å². The Morgan fingerprint density at radius 2 is 1.64 bits per heavy atom. The molecule has 5 heteroatoms. The predicted molar refractivity (Wildman–Crippen MR) is 128 cm³/mol. The summed E-state index contributed by atoms with van der Waals surface area (Å²) >= 11 is 0. The van der Waals surface area contributed by atoms with Crippen LogP contribution in [0.2, 0.25) is 0 Å². The van der Waals surface area contributed by atoms with E-state index in [0.29, 0.717) is 12.5 Å². The van der Waals surface area contributed by atoms with Crippen LogP contribution in [0, 0.1) is 0 Å². The summed E-state index contributed by atoms with van der Waals surface area (Å²) in [5, 5.41) is 3.32. The molecule has 0 amide bonds. The Hall–Kier alpha value is -1.60. The van der Waals surface area contributed by atoms with Crippen molar-refractivity contribution in [2.45, 2.75) is 51.6 Å². The van der Waals surface area contributed by atoms with Crippen LogP contribution >= 0.6 is 24.0 Å². The number of benzene rings is 2. The van der Waals surface area contributed by atoms with Crippen molar-refractivity contribution in [2.24, 2.45) is 10.7 Å². The van der Waals surface area contributed by atoms with Crippen molar-refractivity contribution < 1.29 is 0 Å². The lowest BCUT2D eigenvalue weighted by molar-refractivity contribution is 0.331. The first kappa shape index (κ1) is 21.1. The summed E-state index contributed by atoms with van der Waals surface area (Å²) in [6.45, 7) is 4.14. The van der Waals surface area contributed by atoms with E-state index in [0.717, 1.165) is 18.7 Å². The minimum Gasteiger partial charge on any atom is -0.370 e. The standard InChI is InChI=1S/C23H30N4.HI/c24-23(26-22-9-5-7-20-6-1-2-8-21(20)22)25-16-18-10-12-19(13-11-18)17-27-14-3-4-15-27;/h5,7,9-13H,1-4,6,8,14-17H2,(H3,24,25,26);1H. The molecule has 1 saturated heterocycles. The zero-order valence-corrected chi connectivity index (χ0v) is 18.8. The van der Waals surface area contributed by atoms with E-state index >= 15 is 0 Å². The molecule has 0 atom stereocenters. The Labute approximate surface area is 185 Å². The van der Waals surface area contributed by atoms with E-state index in [2.05, 4.69) is 57.7 Å². The van der Waals surface area contributed by atoms with Crippen LogP contribution in [-0.2, 0) is 25.9 Å². The molecule has 0 saturated carbocycles. The van der Waals surface area contributed by atoms with Crippen molar-refractivity contribution in [3.8, 4) is 0 Å². The first-order chi connectivity index (χ1) is 13.3. The highest BCUT2D eigenvalue weighted by atomic mass is 127. The lowest BCUT2D eigenvalue weighted by atomic mass is 9.90. The molecule has 1 heterocycles. The number of nitrogens with one attached hydrogen (secondary N) is 1. The third-order valence-electron chi connectivity index (χ3n) is 5.72. The van der Waals surface area contributed by atoms with Gasteiger partial charge in [-0.3, -0.25) is 4.90 Å². The Bertz CT molecular complexity index is 795. The third kappa shape index (κ3) is 5.47. The topological polar surface area (TPSA) is 53.6 Å². The normalized spacial score (nSPS) is 17.1. The summed E-state index contributed by atoms with van der Waals surface area (Å²) < 4.78 is 0. The van der Waals surface area contributed by atoms with Crippen LogP contribution in [0.15, 0.2) is 47.5 Å². The zero-order valence-electron chi connectivity index (χ0n) is 16.5. The summed E-state index contributed by atoms with van der Waals surface area (Å²) in [5.41, 5.74) is 12.7. The number of nitrogens with two attached hydrogens (primary N) is 1. The SMILES string of the molecule is I.NC(=NCc1ccc(CN2CCCC2)cc1)Nc1cccc2c1CCCC2. The fourth-order valence-corrected chi connectivity index (χ4v) is 4.20. The maximum absolute atomic E-state index is 6.16. The highest BCUT2D eigenvalue weighted by Crippen LogP contribution is 2.27. The largest absolute Gasteiger partial charge is 0.370 e. The number of aliphatic imine (C=N–C) groups is 1. The van der Waals surface area contributed by atoms with Crippen LogP contribution in [-0.4, -0.2) is 23.9 Å². The number of aryl methyl sites for hydroxylation is 1. The van der Waals surface area contributed by atoms with Crippen molar-refractivity contribution in [1.29, 1.82) is 0 Å². The van der Waals surface area contributed by atoms with Gasteiger partial charge in [0, 0.05) is 12.2 Å². The number of anilines is 1. The van der Waals surface area contributed by atoms with Crippen molar-refractivity contribution >= 4 is 35.6 Å². The summed E-state index contributed by atoms with van der Waals surface area (Å²) in [5.74, 6) is 0.495. The van der Waals surface area contributed by atoms with Crippen LogP contribution in [0.4, 0.5) is 5.69 Å². The van der Waals surface area contributed by atoms with Gasteiger partial charge in [-0.05, 0) is 79.9 Å². The van der Waals surface area contributed by atoms with Gasteiger partial charge in [0.25, 0.3) is 0 Å². The zero-order chi connectivity index (χ0) is 18.5. The number of likely N-dealkylation sites (tertiary alicyclic amines) is 1. The number of guanidine groups is 1. The number of hydrogen-bond donors (Lipinski definition) is 2. The Kier molecular flexibility index (Phi) is 7.73. The van der Waals surface area contributed by atoms with E-state index in [9.17, 15) is 0 Å². The third-order valence-corrected chi connectivity index (χ3v) is 5.72. The molecule has 4 rings (SSSR count). The van der Waals surface area contributed by atoms with Gasteiger partial charge in [-0.1, -0.05) is 36.4 Å². The first-order valence-electron chi connectivity index (χ1n) is 10.3. The average Bonchev–Trinajstić information content (AvgIpc) is 3.21. The van der Waals surface area contributed by atoms with Crippen molar-refractivity contribution in [1.82, 2.24) is 4.90 Å². The smallest absolute Gasteiger partial charge is 0.193 e. The fraction of sp³-hybridized carbons (Fsp3) is 0.435. The number of halogens is 1. The molecule has 1 aliphatic carbocycles. The minimum atomic E-state index is 0. The Morgan fingerprint density at radius 3 is 2.43 bits per heavy atom. The molecular weight excluding hydrogens is 459 g/mol. The summed E-state index contributed by atoms with van der Waals surface area (Å²) in [6.07, 6.45) is 7.52. The van der Waals surface area contributed by atoms with Gasteiger partial charge >= 0.3 is 0 Å². The lowest BCUT2D eigenvalue weighted by Gasteiger charge is -2.19. The maximum Gasteiger partial charge on any atom is 0.193 e. The monoisotopic (exact) mass is 490 g/mol. The number of hydrogen-bond acceptors (Lipinski definition) is 2. The molecule has 0 radical (unpaired) electrons. The molecule has 150 valence electrons. The van der Waals surface area contributed by atoms with Gasteiger partial charge in [-0.15, -0.1) is 24.0 Å². The molecule has 2 aromatic rings. The molecule has 3 N–H and O–H groups in total. The lowest BCUT2D eigenvalue weighted by Crippen LogP contribution is -2.24. The molecular formula is C23H31IN4. The van der Waals surface area contributed by atoms with Crippen LogP contribution < -0.4 is 11.1 Å². The van der Waals surface area contributed by atoms with Gasteiger partial charge < -0.3 is 11.1 Å². The molecule has 0 aromatic heterocycles. The van der Waals surface area contributed by atoms with Gasteiger partial charge in [-0.2, -0.15) is 0 Å². The van der Waals surface area contributed by atoms with E-state index in [1.54, 1.807) is 0 Å². The van der Waals surface area contributed by atoms with E-state index < -0.39 is 0 Å². The van der Waals surface area contributed by atoms with E-state index in [4.69, 9.17) is 5.73 Å². The average molecular weight is 490 g/mol. The molecule has 0 unspecified atom stereocenters. The second-order valence-electron chi connectivity index (χ2n) is 7.78. The van der Waals surface area contributed by atoms with E-state index in [1.807, 2.05) is 0 Å². The highest BCUT2D eigenvalue weighted by Gasteiger charge is 2.13. The summed E-state index contributed by atoms with van der Waals surface area (Å²) in [6, 6.07) is 15.2. The second kappa shape index (κ2) is 10.3. The quantitative estimate of drug-likeness (QED) is 0.363. The summed E-state index contributed by atoms with van der Waals surface area (Å²) in [7, 11) is 0. The second-order valence-corrected chi connectivity index (χ2v) is 7.78. The van der Waals surface area contributed by atoms with Gasteiger partial charge in [0.15, 0.2) is 5.96 Å². The van der Waals surface area contributed by atoms with Gasteiger partial charge in [0.05, 0.1) is 6.54 Å². The first-order valence-corrected chi connectivity index (χ1v) is 10.3. The van der Waals surface area contributed by atoms with Gasteiger partial charge in [0.2, 0.25) is 0 Å². The predicted octanol–water partition coefficient (Wildman–Crippen LogP) is 4.71. The molecule has 0 bridgehead atoms. The Balaban J connectivity index is 0.00000225. The molecule has 1 fully saturated rings. The van der Waals surface area contributed by atoms with Crippen molar-refractivity contribution in [3.05, 3.63) is 64.7 Å². The maximum atomic E-state index is 6.16. The minimum absolute atomic E-state index is 0. The molecule has 0 spiro atoms. The molecule has 4 nitrogen and oxygen atoms in total.